The highest BCUT2D eigenvalue weighted by atomic mass is 16.7. The van der Waals surface area contributed by atoms with E-state index < -0.39 is 0 Å². The molecule has 2 N–H and O–H groups in total. The van der Waals surface area contributed by atoms with Crippen molar-refractivity contribution in [2.75, 3.05) is 50.2 Å². The Labute approximate surface area is 204 Å². The number of amides is 2. The molecule has 0 atom stereocenters. The number of hydrogen-bond acceptors (Lipinski definition) is 6. The first kappa shape index (κ1) is 22.9. The summed E-state index contributed by atoms with van der Waals surface area (Å²) in [5.74, 6) is 0.795. The van der Waals surface area contributed by atoms with Crippen molar-refractivity contribution in [2.24, 2.45) is 0 Å². The lowest BCUT2D eigenvalue weighted by Gasteiger charge is -2.34. The molecule has 2 heterocycles. The normalized spacial score (nSPS) is 15.5. The molecule has 0 bridgehead atoms. The van der Waals surface area contributed by atoms with Crippen LogP contribution in [0, 0.1) is 0 Å². The number of para-hydroxylation sites is 1. The molecular weight excluding hydrogens is 444 g/mol. The molecule has 5 rings (SSSR count). The summed E-state index contributed by atoms with van der Waals surface area (Å²) in [7, 11) is 0. The van der Waals surface area contributed by atoms with Crippen LogP contribution in [-0.2, 0) is 11.3 Å². The van der Waals surface area contributed by atoms with Gasteiger partial charge in [0, 0.05) is 44.5 Å². The average molecular weight is 473 g/mol. The molecule has 8 nitrogen and oxygen atoms in total. The number of carbonyl (C=O) groups excluding carboxylic acids is 2. The van der Waals surface area contributed by atoms with Crippen LogP contribution in [0.4, 0.5) is 11.4 Å². The molecular formula is C27H28N4O4. The van der Waals surface area contributed by atoms with E-state index in [0.29, 0.717) is 28.4 Å². The monoisotopic (exact) mass is 472 g/mol. The molecule has 0 spiro atoms. The number of rotatable bonds is 7. The van der Waals surface area contributed by atoms with Crippen LogP contribution >= 0.6 is 0 Å². The molecule has 8 heteroatoms. The highest BCUT2D eigenvalue weighted by molar-refractivity contribution is 6.10. The second kappa shape index (κ2) is 10.6. The fourth-order valence-electron chi connectivity index (χ4n) is 4.30. The van der Waals surface area contributed by atoms with Crippen molar-refractivity contribution in [2.45, 2.75) is 6.54 Å². The fourth-order valence-corrected chi connectivity index (χ4v) is 4.30. The van der Waals surface area contributed by atoms with E-state index >= 15 is 0 Å². The molecule has 0 aromatic heterocycles. The van der Waals surface area contributed by atoms with Gasteiger partial charge in [-0.25, -0.2) is 0 Å². The number of hydrogen-bond donors (Lipinski definition) is 2. The molecule has 180 valence electrons. The second-order valence-corrected chi connectivity index (χ2v) is 8.65. The van der Waals surface area contributed by atoms with Crippen LogP contribution in [0.15, 0.2) is 72.8 Å². The molecule has 2 aliphatic rings. The third-order valence-electron chi connectivity index (χ3n) is 6.16. The lowest BCUT2D eigenvalue weighted by Crippen LogP contribution is -2.48. The van der Waals surface area contributed by atoms with Crippen molar-refractivity contribution in [1.82, 2.24) is 9.80 Å². The molecule has 3 aromatic rings. The number of benzene rings is 3. The summed E-state index contributed by atoms with van der Waals surface area (Å²) in [4.78, 5) is 30.3. The quantitative estimate of drug-likeness (QED) is 0.548. The molecule has 0 saturated carbocycles. The average Bonchev–Trinajstić information content (AvgIpc) is 3.34. The second-order valence-electron chi connectivity index (χ2n) is 8.65. The van der Waals surface area contributed by atoms with Crippen molar-refractivity contribution < 1.29 is 19.1 Å². The SMILES string of the molecule is O=C(CN1CCN(Cc2ccccc2)CC1)Nc1ccccc1C(=O)Nc1ccc2c(c1)OCO2. The predicted molar refractivity (Wildman–Crippen MR) is 134 cm³/mol. The number of nitrogens with zero attached hydrogens (tertiary/aromatic N) is 2. The van der Waals surface area contributed by atoms with Gasteiger partial charge in [-0.05, 0) is 29.8 Å². The zero-order valence-electron chi connectivity index (χ0n) is 19.4. The third-order valence-corrected chi connectivity index (χ3v) is 6.16. The lowest BCUT2D eigenvalue weighted by atomic mass is 10.1. The number of piperazine rings is 1. The largest absolute Gasteiger partial charge is 0.454 e. The molecule has 2 aliphatic heterocycles. The Morgan fingerprint density at radius 1 is 0.771 bits per heavy atom. The topological polar surface area (TPSA) is 83.1 Å². The molecule has 3 aromatic carbocycles. The Hall–Kier alpha value is -3.88. The van der Waals surface area contributed by atoms with E-state index in [1.165, 1.54) is 5.56 Å². The van der Waals surface area contributed by atoms with Crippen LogP contribution in [0.3, 0.4) is 0 Å². The molecule has 0 unspecified atom stereocenters. The molecule has 1 fully saturated rings. The highest BCUT2D eigenvalue weighted by Gasteiger charge is 2.21. The van der Waals surface area contributed by atoms with Crippen LogP contribution in [0.5, 0.6) is 11.5 Å². The maximum absolute atomic E-state index is 12.9. The number of carbonyl (C=O) groups is 2. The summed E-state index contributed by atoms with van der Waals surface area (Å²) in [5, 5.41) is 5.78. The van der Waals surface area contributed by atoms with Crippen molar-refractivity contribution in [3.05, 3.63) is 83.9 Å². The van der Waals surface area contributed by atoms with Crippen molar-refractivity contribution in [3.63, 3.8) is 0 Å². The summed E-state index contributed by atoms with van der Waals surface area (Å²) in [5.41, 5.74) is 2.77. The zero-order chi connectivity index (χ0) is 24.0. The van der Waals surface area contributed by atoms with Gasteiger partial charge in [0.25, 0.3) is 5.91 Å². The molecule has 0 aliphatic carbocycles. The molecule has 1 saturated heterocycles. The van der Waals surface area contributed by atoms with E-state index in [0.717, 1.165) is 32.7 Å². The van der Waals surface area contributed by atoms with E-state index in [1.54, 1.807) is 42.5 Å². The maximum atomic E-state index is 12.9. The van der Waals surface area contributed by atoms with E-state index in [9.17, 15) is 9.59 Å². The summed E-state index contributed by atoms with van der Waals surface area (Å²) in [6.45, 7) is 4.86. The molecule has 35 heavy (non-hydrogen) atoms. The summed E-state index contributed by atoms with van der Waals surface area (Å²) in [6.07, 6.45) is 0. The van der Waals surface area contributed by atoms with Gasteiger partial charge in [-0.1, -0.05) is 42.5 Å². The first-order valence-electron chi connectivity index (χ1n) is 11.7. The standard InChI is InChI=1S/C27H28N4O4/c32-26(18-31-14-12-30(13-15-31)17-20-6-2-1-3-7-20)29-23-9-5-4-8-22(23)27(33)28-21-10-11-24-25(16-21)35-19-34-24/h1-11,16H,12-15,17-19H2,(H,28,33)(H,29,32). The lowest BCUT2D eigenvalue weighted by molar-refractivity contribution is -0.117. The van der Waals surface area contributed by atoms with E-state index in [4.69, 9.17) is 9.47 Å². The highest BCUT2D eigenvalue weighted by Crippen LogP contribution is 2.34. The van der Waals surface area contributed by atoms with Crippen LogP contribution in [0.2, 0.25) is 0 Å². The Kier molecular flexibility index (Phi) is 6.92. The molecule has 0 radical (unpaired) electrons. The first-order valence-corrected chi connectivity index (χ1v) is 11.7. The summed E-state index contributed by atoms with van der Waals surface area (Å²) in [6, 6.07) is 22.7. The number of ether oxygens (including phenoxy) is 2. The minimum absolute atomic E-state index is 0.134. The van der Waals surface area contributed by atoms with Crippen LogP contribution in [0.25, 0.3) is 0 Å². The van der Waals surface area contributed by atoms with Crippen molar-refractivity contribution in [3.8, 4) is 11.5 Å². The van der Waals surface area contributed by atoms with E-state index in [1.807, 2.05) is 6.07 Å². The Morgan fingerprint density at radius 2 is 1.49 bits per heavy atom. The van der Waals surface area contributed by atoms with Gasteiger partial charge in [0.15, 0.2) is 11.5 Å². The van der Waals surface area contributed by atoms with Crippen LogP contribution < -0.4 is 20.1 Å². The minimum Gasteiger partial charge on any atom is -0.454 e. The maximum Gasteiger partial charge on any atom is 0.257 e. The van der Waals surface area contributed by atoms with Crippen molar-refractivity contribution in [1.29, 1.82) is 0 Å². The Morgan fingerprint density at radius 3 is 2.31 bits per heavy atom. The van der Waals surface area contributed by atoms with Gasteiger partial charge in [-0.2, -0.15) is 0 Å². The van der Waals surface area contributed by atoms with Gasteiger partial charge >= 0.3 is 0 Å². The van der Waals surface area contributed by atoms with Gasteiger partial charge in [0.2, 0.25) is 12.7 Å². The number of nitrogens with one attached hydrogen (secondary N) is 2. The Bertz CT molecular complexity index is 1190. The summed E-state index contributed by atoms with van der Waals surface area (Å²) >= 11 is 0. The van der Waals surface area contributed by atoms with Gasteiger partial charge in [0.05, 0.1) is 17.8 Å². The Balaban J connectivity index is 1.14. The fraction of sp³-hybridized carbons (Fsp3) is 0.259. The third kappa shape index (κ3) is 5.79. The first-order chi connectivity index (χ1) is 17.1. The number of fused-ring (bicyclic) bond motifs is 1. The van der Waals surface area contributed by atoms with Gasteiger partial charge in [-0.3, -0.25) is 19.4 Å². The minimum atomic E-state index is -0.311. The zero-order valence-corrected chi connectivity index (χ0v) is 19.4. The smallest absolute Gasteiger partial charge is 0.257 e. The van der Waals surface area contributed by atoms with Gasteiger partial charge in [0.1, 0.15) is 0 Å². The molecule has 2 amide bonds. The predicted octanol–water partition coefficient (Wildman–Crippen LogP) is 3.42. The van der Waals surface area contributed by atoms with Gasteiger partial charge in [-0.15, -0.1) is 0 Å². The van der Waals surface area contributed by atoms with Gasteiger partial charge < -0.3 is 20.1 Å². The number of anilines is 2. The van der Waals surface area contributed by atoms with Crippen molar-refractivity contribution >= 4 is 23.2 Å². The summed E-state index contributed by atoms with van der Waals surface area (Å²) < 4.78 is 10.7. The van der Waals surface area contributed by atoms with Crippen LogP contribution in [-0.4, -0.2) is 61.1 Å². The van der Waals surface area contributed by atoms with E-state index in [2.05, 4.69) is 44.7 Å². The van der Waals surface area contributed by atoms with E-state index in [-0.39, 0.29) is 25.2 Å². The van der Waals surface area contributed by atoms with Crippen LogP contribution in [0.1, 0.15) is 15.9 Å².